The fourth-order valence-corrected chi connectivity index (χ4v) is 1.91. The van der Waals surface area contributed by atoms with Gasteiger partial charge in [0, 0.05) is 30.9 Å². The molecule has 88 valence electrons. The molecule has 5 heteroatoms. The molecule has 1 aliphatic heterocycles. The minimum Gasteiger partial charge on any atom is -0.339 e. The molecule has 0 atom stereocenters. The SMILES string of the molecule is N#Cc1cc(C(=O)N2CCC(N)CC2)ccn1. The van der Waals surface area contributed by atoms with Gasteiger partial charge in [0.25, 0.3) is 5.91 Å². The van der Waals surface area contributed by atoms with E-state index in [1.165, 1.54) is 12.3 Å². The highest BCUT2D eigenvalue weighted by Crippen LogP contribution is 2.12. The van der Waals surface area contributed by atoms with Crippen molar-refractivity contribution in [2.24, 2.45) is 5.73 Å². The molecular formula is C12H14N4O. The van der Waals surface area contributed by atoms with E-state index in [4.69, 9.17) is 11.0 Å². The van der Waals surface area contributed by atoms with Gasteiger partial charge in [0.15, 0.2) is 0 Å². The van der Waals surface area contributed by atoms with E-state index in [2.05, 4.69) is 4.98 Å². The van der Waals surface area contributed by atoms with Gasteiger partial charge >= 0.3 is 0 Å². The molecule has 1 aliphatic rings. The maximum atomic E-state index is 12.1. The van der Waals surface area contributed by atoms with Crippen LogP contribution in [0.5, 0.6) is 0 Å². The third kappa shape index (κ3) is 2.60. The van der Waals surface area contributed by atoms with Crippen LogP contribution >= 0.6 is 0 Å². The summed E-state index contributed by atoms with van der Waals surface area (Å²) in [6, 6.07) is 5.29. The van der Waals surface area contributed by atoms with Crippen molar-refractivity contribution in [1.29, 1.82) is 5.26 Å². The molecule has 1 aromatic heterocycles. The van der Waals surface area contributed by atoms with E-state index < -0.39 is 0 Å². The summed E-state index contributed by atoms with van der Waals surface area (Å²) in [5.74, 6) is -0.0456. The van der Waals surface area contributed by atoms with Gasteiger partial charge in [-0.05, 0) is 25.0 Å². The second-order valence-corrected chi connectivity index (χ2v) is 4.17. The van der Waals surface area contributed by atoms with Crippen LogP contribution in [-0.2, 0) is 0 Å². The van der Waals surface area contributed by atoms with Gasteiger partial charge in [-0.3, -0.25) is 4.79 Å². The number of nitrogens with zero attached hydrogens (tertiary/aromatic N) is 3. The van der Waals surface area contributed by atoms with Gasteiger partial charge in [-0.25, -0.2) is 4.98 Å². The Morgan fingerprint density at radius 1 is 1.53 bits per heavy atom. The molecule has 0 bridgehead atoms. The Bertz CT molecular complexity index is 458. The van der Waals surface area contributed by atoms with Crippen molar-refractivity contribution in [2.75, 3.05) is 13.1 Å². The maximum Gasteiger partial charge on any atom is 0.254 e. The predicted molar refractivity (Wildman–Crippen MR) is 62.1 cm³/mol. The molecule has 0 radical (unpaired) electrons. The van der Waals surface area contributed by atoms with Crippen molar-refractivity contribution in [3.8, 4) is 6.07 Å². The average Bonchev–Trinajstić information content (AvgIpc) is 2.39. The van der Waals surface area contributed by atoms with E-state index in [-0.39, 0.29) is 17.6 Å². The Morgan fingerprint density at radius 2 is 2.24 bits per heavy atom. The van der Waals surface area contributed by atoms with Crippen molar-refractivity contribution in [1.82, 2.24) is 9.88 Å². The largest absolute Gasteiger partial charge is 0.339 e. The number of piperidine rings is 1. The first-order valence-corrected chi connectivity index (χ1v) is 5.61. The number of hydrogen-bond acceptors (Lipinski definition) is 4. The van der Waals surface area contributed by atoms with Crippen LogP contribution in [-0.4, -0.2) is 34.9 Å². The number of nitriles is 1. The Hall–Kier alpha value is -1.93. The van der Waals surface area contributed by atoms with Crippen LogP contribution in [0.4, 0.5) is 0 Å². The summed E-state index contributed by atoms with van der Waals surface area (Å²) in [6.07, 6.45) is 3.16. The molecule has 1 saturated heterocycles. The topological polar surface area (TPSA) is 83.0 Å². The van der Waals surface area contributed by atoms with Crippen molar-refractivity contribution in [3.63, 3.8) is 0 Å². The molecule has 0 spiro atoms. The zero-order valence-electron chi connectivity index (χ0n) is 9.47. The number of amides is 1. The lowest BCUT2D eigenvalue weighted by molar-refractivity contribution is 0.0714. The number of pyridine rings is 1. The van der Waals surface area contributed by atoms with E-state index in [1.807, 2.05) is 6.07 Å². The second kappa shape index (κ2) is 4.93. The van der Waals surface area contributed by atoms with Crippen molar-refractivity contribution in [3.05, 3.63) is 29.6 Å². The molecular weight excluding hydrogens is 216 g/mol. The lowest BCUT2D eigenvalue weighted by Crippen LogP contribution is -2.42. The number of carbonyl (C=O) groups excluding carboxylic acids is 1. The monoisotopic (exact) mass is 230 g/mol. The molecule has 1 aromatic rings. The predicted octanol–water partition coefficient (Wildman–Crippen LogP) is 0.517. The molecule has 17 heavy (non-hydrogen) atoms. The average molecular weight is 230 g/mol. The molecule has 0 aliphatic carbocycles. The van der Waals surface area contributed by atoms with E-state index in [9.17, 15) is 4.79 Å². The molecule has 0 saturated carbocycles. The minimum absolute atomic E-state index is 0.0456. The third-order valence-electron chi connectivity index (χ3n) is 2.95. The highest BCUT2D eigenvalue weighted by atomic mass is 16.2. The Labute approximate surface area is 99.9 Å². The lowest BCUT2D eigenvalue weighted by atomic mass is 10.1. The number of likely N-dealkylation sites (tertiary alicyclic amines) is 1. The summed E-state index contributed by atoms with van der Waals surface area (Å²) in [5.41, 5.74) is 6.58. The van der Waals surface area contributed by atoms with Gasteiger partial charge in [0.2, 0.25) is 0 Å². The van der Waals surface area contributed by atoms with Gasteiger partial charge in [0.1, 0.15) is 11.8 Å². The molecule has 5 nitrogen and oxygen atoms in total. The summed E-state index contributed by atoms with van der Waals surface area (Å²) in [5, 5.41) is 8.73. The van der Waals surface area contributed by atoms with Crippen molar-refractivity contribution < 1.29 is 4.79 Å². The number of aromatic nitrogens is 1. The fraction of sp³-hybridized carbons (Fsp3) is 0.417. The molecule has 2 heterocycles. The van der Waals surface area contributed by atoms with Gasteiger partial charge in [0.05, 0.1) is 0 Å². The third-order valence-corrected chi connectivity index (χ3v) is 2.95. The second-order valence-electron chi connectivity index (χ2n) is 4.17. The highest BCUT2D eigenvalue weighted by Gasteiger charge is 2.21. The lowest BCUT2D eigenvalue weighted by Gasteiger charge is -2.30. The van der Waals surface area contributed by atoms with E-state index >= 15 is 0 Å². The molecule has 0 unspecified atom stereocenters. The summed E-state index contributed by atoms with van der Waals surface area (Å²) < 4.78 is 0. The van der Waals surface area contributed by atoms with Gasteiger partial charge in [-0.2, -0.15) is 5.26 Å². The fourth-order valence-electron chi connectivity index (χ4n) is 1.91. The highest BCUT2D eigenvalue weighted by molar-refractivity contribution is 5.94. The molecule has 0 aromatic carbocycles. The zero-order valence-corrected chi connectivity index (χ0v) is 9.47. The summed E-state index contributed by atoms with van der Waals surface area (Å²) in [4.78, 5) is 17.7. The Balaban J connectivity index is 2.11. The number of nitrogens with two attached hydrogens (primary N) is 1. The summed E-state index contributed by atoms with van der Waals surface area (Å²) in [6.45, 7) is 1.37. The Morgan fingerprint density at radius 3 is 2.88 bits per heavy atom. The first-order valence-electron chi connectivity index (χ1n) is 5.61. The van der Waals surface area contributed by atoms with Crippen molar-refractivity contribution >= 4 is 5.91 Å². The van der Waals surface area contributed by atoms with E-state index in [1.54, 1.807) is 11.0 Å². The van der Waals surface area contributed by atoms with Gasteiger partial charge < -0.3 is 10.6 Å². The maximum absolute atomic E-state index is 12.1. The van der Waals surface area contributed by atoms with Crippen LogP contribution < -0.4 is 5.73 Å². The van der Waals surface area contributed by atoms with Crippen LogP contribution in [0.1, 0.15) is 28.9 Å². The van der Waals surface area contributed by atoms with Crippen LogP contribution in [0.3, 0.4) is 0 Å². The zero-order chi connectivity index (χ0) is 12.3. The number of hydrogen-bond donors (Lipinski definition) is 1. The van der Waals surface area contributed by atoms with Crippen LogP contribution in [0.25, 0.3) is 0 Å². The molecule has 1 amide bonds. The van der Waals surface area contributed by atoms with Crippen LogP contribution in [0, 0.1) is 11.3 Å². The first kappa shape index (κ1) is 11.6. The van der Waals surface area contributed by atoms with Gasteiger partial charge in [-0.15, -0.1) is 0 Å². The standard InChI is InChI=1S/C12H14N4O/c13-8-11-7-9(1-4-15-11)12(17)16-5-2-10(14)3-6-16/h1,4,7,10H,2-3,5-6,14H2. The number of rotatable bonds is 1. The van der Waals surface area contributed by atoms with Gasteiger partial charge in [-0.1, -0.05) is 0 Å². The van der Waals surface area contributed by atoms with E-state index in [0.29, 0.717) is 18.7 Å². The van der Waals surface area contributed by atoms with Crippen molar-refractivity contribution in [2.45, 2.75) is 18.9 Å². The first-order chi connectivity index (χ1) is 8.20. The normalized spacial score (nSPS) is 16.6. The number of carbonyl (C=O) groups is 1. The summed E-state index contributed by atoms with van der Waals surface area (Å²) in [7, 11) is 0. The quantitative estimate of drug-likeness (QED) is 0.762. The molecule has 1 fully saturated rings. The summed E-state index contributed by atoms with van der Waals surface area (Å²) >= 11 is 0. The van der Waals surface area contributed by atoms with Crippen LogP contribution in [0.15, 0.2) is 18.3 Å². The Kier molecular flexibility index (Phi) is 3.35. The van der Waals surface area contributed by atoms with Crippen LogP contribution in [0.2, 0.25) is 0 Å². The van der Waals surface area contributed by atoms with E-state index in [0.717, 1.165) is 12.8 Å². The molecule has 2 rings (SSSR count). The minimum atomic E-state index is -0.0456. The smallest absolute Gasteiger partial charge is 0.254 e. The molecule has 2 N–H and O–H groups in total.